The van der Waals surface area contributed by atoms with Crippen molar-refractivity contribution >= 4 is 11.8 Å². The summed E-state index contributed by atoms with van der Waals surface area (Å²) in [7, 11) is 0. The van der Waals surface area contributed by atoms with Gasteiger partial charge >= 0.3 is 0 Å². The van der Waals surface area contributed by atoms with Crippen molar-refractivity contribution < 1.29 is 9.59 Å². The smallest absolute Gasteiger partial charge is 0.251 e. The number of carbonyl (C=O) groups excluding carboxylic acids is 2. The highest BCUT2D eigenvalue weighted by Gasteiger charge is 2.39. The lowest BCUT2D eigenvalue weighted by molar-refractivity contribution is -0.122. The van der Waals surface area contributed by atoms with Gasteiger partial charge in [-0.2, -0.15) is 0 Å². The highest BCUT2D eigenvalue weighted by atomic mass is 16.2. The summed E-state index contributed by atoms with van der Waals surface area (Å²) in [6, 6.07) is 18.4. The summed E-state index contributed by atoms with van der Waals surface area (Å²) >= 11 is 0. The van der Waals surface area contributed by atoms with E-state index in [2.05, 4.69) is 39.8 Å². The van der Waals surface area contributed by atoms with Crippen LogP contribution in [-0.4, -0.2) is 48.4 Å². The Bertz CT molecular complexity index is 916. The minimum atomic E-state index is -0.222. The number of carbonyl (C=O) groups is 2. The van der Waals surface area contributed by atoms with Crippen LogP contribution in [0.3, 0.4) is 0 Å². The van der Waals surface area contributed by atoms with E-state index in [0.717, 1.165) is 44.3 Å². The van der Waals surface area contributed by atoms with Gasteiger partial charge in [0, 0.05) is 30.2 Å². The van der Waals surface area contributed by atoms with Crippen LogP contribution in [0.1, 0.15) is 47.2 Å². The average Bonchev–Trinajstić information content (AvgIpc) is 2.76. The van der Waals surface area contributed by atoms with Crippen molar-refractivity contribution in [2.75, 3.05) is 19.6 Å². The molecule has 0 aromatic heterocycles. The van der Waals surface area contributed by atoms with E-state index in [1.807, 2.05) is 31.2 Å². The minimum Gasteiger partial charge on any atom is -0.349 e. The molecular formula is C25H32N4O2. The lowest BCUT2D eigenvalue weighted by atomic mass is 9.75. The van der Waals surface area contributed by atoms with Gasteiger partial charge in [0.1, 0.15) is 0 Å². The average molecular weight is 421 g/mol. The van der Waals surface area contributed by atoms with Gasteiger partial charge in [-0.1, -0.05) is 48.0 Å². The molecule has 2 amide bonds. The van der Waals surface area contributed by atoms with E-state index in [0.29, 0.717) is 11.6 Å². The van der Waals surface area contributed by atoms with Crippen molar-refractivity contribution in [3.8, 4) is 0 Å². The van der Waals surface area contributed by atoms with Crippen LogP contribution in [0, 0.1) is 6.92 Å². The molecule has 2 fully saturated rings. The SMILES string of the molecule is Cc1cccc(C(=O)NCC(=O)NC2CN([C@H]3CC[C@@](N)(c4ccccc4)CC3)C2)c1. The van der Waals surface area contributed by atoms with Crippen LogP contribution in [-0.2, 0) is 10.3 Å². The van der Waals surface area contributed by atoms with Crippen LogP contribution in [0.25, 0.3) is 0 Å². The van der Waals surface area contributed by atoms with Gasteiger partial charge in [0.15, 0.2) is 0 Å². The number of benzene rings is 2. The molecule has 4 rings (SSSR count). The molecule has 1 aliphatic heterocycles. The summed E-state index contributed by atoms with van der Waals surface area (Å²) in [6.07, 6.45) is 4.14. The summed E-state index contributed by atoms with van der Waals surface area (Å²) in [6.45, 7) is 3.67. The Morgan fingerprint density at radius 1 is 1.06 bits per heavy atom. The van der Waals surface area contributed by atoms with Crippen LogP contribution in [0.2, 0.25) is 0 Å². The van der Waals surface area contributed by atoms with Gasteiger partial charge in [0.05, 0.1) is 12.6 Å². The molecule has 1 saturated carbocycles. The van der Waals surface area contributed by atoms with E-state index in [-0.39, 0.29) is 29.9 Å². The number of amides is 2. The lowest BCUT2D eigenvalue weighted by Gasteiger charge is -2.48. The van der Waals surface area contributed by atoms with Gasteiger partial charge in [-0.15, -0.1) is 0 Å². The highest BCUT2D eigenvalue weighted by molar-refractivity contribution is 5.96. The predicted octanol–water partition coefficient (Wildman–Crippen LogP) is 2.32. The van der Waals surface area contributed by atoms with E-state index < -0.39 is 0 Å². The molecule has 0 unspecified atom stereocenters. The molecular weight excluding hydrogens is 388 g/mol. The van der Waals surface area contributed by atoms with Gasteiger partial charge in [0.2, 0.25) is 5.91 Å². The Kier molecular flexibility index (Phi) is 6.39. The maximum absolute atomic E-state index is 12.2. The van der Waals surface area contributed by atoms with E-state index >= 15 is 0 Å². The van der Waals surface area contributed by atoms with E-state index in [1.54, 1.807) is 6.07 Å². The molecule has 0 bridgehead atoms. The summed E-state index contributed by atoms with van der Waals surface area (Å²) in [5.41, 5.74) is 9.30. The maximum atomic E-state index is 12.2. The Morgan fingerprint density at radius 2 is 1.77 bits per heavy atom. The normalized spacial score (nSPS) is 24.3. The standard InChI is InChI=1S/C25H32N4O2/c1-18-6-5-7-19(14-18)24(31)27-15-23(30)28-21-16-29(17-21)22-10-12-25(26,13-11-22)20-8-3-2-4-9-20/h2-9,14,21-22H,10-13,15-17,26H2,1H3,(H,27,31)(H,28,30)/t22-,25-. The number of aryl methyl sites for hydroxylation is 1. The Morgan fingerprint density at radius 3 is 2.45 bits per heavy atom. The number of nitrogens with two attached hydrogens (primary N) is 1. The second-order valence-electron chi connectivity index (χ2n) is 9.02. The third-order valence-electron chi connectivity index (χ3n) is 6.68. The van der Waals surface area contributed by atoms with Crippen LogP contribution in [0.15, 0.2) is 54.6 Å². The van der Waals surface area contributed by atoms with E-state index in [4.69, 9.17) is 5.73 Å². The fourth-order valence-electron chi connectivity index (χ4n) is 4.77. The zero-order chi connectivity index (χ0) is 21.8. The predicted molar refractivity (Wildman–Crippen MR) is 122 cm³/mol. The molecule has 2 aromatic carbocycles. The molecule has 1 saturated heterocycles. The molecule has 6 nitrogen and oxygen atoms in total. The third kappa shape index (κ3) is 5.14. The molecule has 0 radical (unpaired) electrons. The van der Waals surface area contributed by atoms with Crippen LogP contribution in [0.5, 0.6) is 0 Å². The highest BCUT2D eigenvalue weighted by Crippen LogP contribution is 2.37. The molecule has 31 heavy (non-hydrogen) atoms. The first-order valence-corrected chi connectivity index (χ1v) is 11.2. The number of nitrogens with zero attached hydrogens (tertiary/aromatic N) is 1. The largest absolute Gasteiger partial charge is 0.349 e. The van der Waals surface area contributed by atoms with E-state index in [1.165, 1.54) is 5.56 Å². The first-order chi connectivity index (χ1) is 14.9. The molecule has 164 valence electrons. The summed E-state index contributed by atoms with van der Waals surface area (Å²) in [5, 5.41) is 5.73. The number of hydrogen-bond acceptors (Lipinski definition) is 4. The molecule has 4 N–H and O–H groups in total. The zero-order valence-corrected chi connectivity index (χ0v) is 18.1. The molecule has 2 aromatic rings. The number of likely N-dealkylation sites (tertiary alicyclic amines) is 1. The second kappa shape index (κ2) is 9.20. The van der Waals surface area contributed by atoms with Gasteiger partial charge < -0.3 is 16.4 Å². The summed E-state index contributed by atoms with van der Waals surface area (Å²) in [5.74, 6) is -0.362. The zero-order valence-electron chi connectivity index (χ0n) is 18.1. The molecule has 0 spiro atoms. The maximum Gasteiger partial charge on any atom is 0.251 e. The topological polar surface area (TPSA) is 87.5 Å². The quantitative estimate of drug-likeness (QED) is 0.669. The molecule has 1 heterocycles. The van der Waals surface area contributed by atoms with Crippen molar-refractivity contribution in [3.05, 3.63) is 71.3 Å². The minimum absolute atomic E-state index is 0.000523. The van der Waals surface area contributed by atoms with Crippen molar-refractivity contribution in [2.45, 2.75) is 50.2 Å². The number of nitrogens with one attached hydrogen (secondary N) is 2. The van der Waals surface area contributed by atoms with Gasteiger partial charge in [-0.05, 0) is 50.3 Å². The lowest BCUT2D eigenvalue weighted by Crippen LogP contribution is -2.63. The van der Waals surface area contributed by atoms with Crippen molar-refractivity contribution in [1.29, 1.82) is 0 Å². The molecule has 0 atom stereocenters. The molecule has 2 aliphatic rings. The third-order valence-corrected chi connectivity index (χ3v) is 6.68. The van der Waals surface area contributed by atoms with Crippen LogP contribution >= 0.6 is 0 Å². The fourth-order valence-corrected chi connectivity index (χ4v) is 4.77. The molecule has 6 heteroatoms. The number of hydrogen-bond donors (Lipinski definition) is 3. The van der Waals surface area contributed by atoms with Crippen molar-refractivity contribution in [1.82, 2.24) is 15.5 Å². The van der Waals surface area contributed by atoms with Gasteiger partial charge in [0.25, 0.3) is 5.91 Å². The molecule has 1 aliphatic carbocycles. The first-order valence-electron chi connectivity index (χ1n) is 11.2. The van der Waals surface area contributed by atoms with Crippen LogP contribution < -0.4 is 16.4 Å². The summed E-state index contributed by atoms with van der Waals surface area (Å²) in [4.78, 5) is 26.8. The van der Waals surface area contributed by atoms with Gasteiger partial charge in [-0.25, -0.2) is 0 Å². The second-order valence-corrected chi connectivity index (χ2v) is 9.02. The van der Waals surface area contributed by atoms with Crippen molar-refractivity contribution in [2.24, 2.45) is 5.73 Å². The van der Waals surface area contributed by atoms with Gasteiger partial charge in [-0.3, -0.25) is 14.5 Å². The van der Waals surface area contributed by atoms with Crippen LogP contribution in [0.4, 0.5) is 0 Å². The number of rotatable bonds is 6. The van der Waals surface area contributed by atoms with E-state index in [9.17, 15) is 9.59 Å². The monoisotopic (exact) mass is 420 g/mol. The fraction of sp³-hybridized carbons (Fsp3) is 0.440. The Labute approximate surface area is 184 Å². The van der Waals surface area contributed by atoms with Crippen molar-refractivity contribution in [3.63, 3.8) is 0 Å². The Balaban J connectivity index is 1.16. The Hall–Kier alpha value is -2.70. The summed E-state index contributed by atoms with van der Waals surface area (Å²) < 4.78 is 0. The first kappa shape index (κ1) is 21.5.